The Labute approximate surface area is 72.0 Å². The topological polar surface area (TPSA) is 75.6 Å². The van der Waals surface area contributed by atoms with Crippen LogP contribution in [-0.4, -0.2) is 19.0 Å². The van der Waals surface area contributed by atoms with E-state index < -0.39 is 10.4 Å². The van der Waals surface area contributed by atoms with Crippen LogP contribution >= 0.6 is 0 Å². The van der Waals surface area contributed by atoms with Crippen LogP contribution in [0.5, 0.6) is 0 Å². The Morgan fingerprint density at radius 3 is 2.33 bits per heavy atom. The summed E-state index contributed by atoms with van der Waals surface area (Å²) in [7, 11) is -4.33. The first kappa shape index (κ1) is 9.91. The molecule has 0 amide bonds. The first-order valence-corrected chi connectivity index (χ1v) is 5.36. The second kappa shape index (κ2) is 4.18. The molecule has 0 atom stereocenters. The molecule has 12 heavy (non-hydrogen) atoms. The molecule has 0 aliphatic heterocycles. The summed E-state index contributed by atoms with van der Waals surface area (Å²) in [6, 6.07) is 0.0562. The Bertz CT molecular complexity index is 220. The third kappa shape index (κ3) is 4.01. The largest absolute Gasteiger partial charge is 0.413 e. The van der Waals surface area contributed by atoms with Gasteiger partial charge in [0.15, 0.2) is 0 Å². The average Bonchev–Trinajstić information content (AvgIpc) is 2.02. The maximum absolute atomic E-state index is 10.1. The highest BCUT2D eigenvalue weighted by atomic mass is 32.3. The van der Waals surface area contributed by atoms with E-state index in [2.05, 4.69) is 9.76 Å². The summed E-state index contributed by atoms with van der Waals surface area (Å²) >= 11 is 0. The van der Waals surface area contributed by atoms with Gasteiger partial charge in [0.1, 0.15) is 0 Å². The molecule has 1 aliphatic rings. The van der Waals surface area contributed by atoms with Crippen LogP contribution in [0.2, 0.25) is 0 Å². The predicted octanol–water partition coefficient (Wildman–Crippen LogP) is 0.643. The van der Waals surface area contributed by atoms with Gasteiger partial charge in [-0.2, -0.15) is 18.2 Å². The first-order chi connectivity index (χ1) is 5.58. The third-order valence-corrected chi connectivity index (χ3v) is 2.23. The van der Waals surface area contributed by atoms with Crippen molar-refractivity contribution in [3.8, 4) is 0 Å². The molecule has 1 aliphatic carbocycles. The zero-order chi connectivity index (χ0) is 9.03. The molecule has 0 unspecified atom stereocenters. The van der Waals surface area contributed by atoms with Gasteiger partial charge in [-0.25, -0.2) is 0 Å². The lowest BCUT2D eigenvalue weighted by molar-refractivity contribution is 0.122. The lowest BCUT2D eigenvalue weighted by atomic mass is 9.96. The van der Waals surface area contributed by atoms with E-state index in [-0.39, 0.29) is 6.04 Å². The van der Waals surface area contributed by atoms with E-state index in [0.29, 0.717) is 0 Å². The Morgan fingerprint density at radius 1 is 1.25 bits per heavy atom. The van der Waals surface area contributed by atoms with Crippen LogP contribution in [0.15, 0.2) is 0 Å². The number of nitrogens with one attached hydrogen (secondary N) is 1. The van der Waals surface area contributed by atoms with Gasteiger partial charge in [-0.05, 0) is 12.8 Å². The van der Waals surface area contributed by atoms with Gasteiger partial charge in [-0.15, -0.1) is 0 Å². The van der Waals surface area contributed by atoms with Crippen LogP contribution in [0.25, 0.3) is 0 Å². The maximum atomic E-state index is 10.1. The van der Waals surface area contributed by atoms with E-state index in [1.807, 2.05) is 0 Å². The zero-order valence-electron chi connectivity index (χ0n) is 6.69. The van der Waals surface area contributed by atoms with Crippen LogP contribution in [0.1, 0.15) is 32.1 Å². The van der Waals surface area contributed by atoms with Crippen LogP contribution in [0.4, 0.5) is 0 Å². The van der Waals surface area contributed by atoms with E-state index in [0.717, 1.165) is 25.7 Å². The molecule has 0 bridgehead atoms. The predicted molar refractivity (Wildman–Crippen MR) is 42.6 cm³/mol. The SMILES string of the molecule is O=S(=O)(O)ONC1CCCCC1. The molecular weight excluding hydrogens is 182 g/mol. The van der Waals surface area contributed by atoms with Crippen molar-refractivity contribution >= 4 is 10.4 Å². The highest BCUT2D eigenvalue weighted by Crippen LogP contribution is 2.17. The molecule has 0 radical (unpaired) electrons. The molecule has 0 heterocycles. The standard InChI is InChI=1S/C6H13NO4S/c8-12(9,10)11-7-6-4-2-1-3-5-6/h6-7H,1-5H2,(H,8,9,10). The second-order valence-electron chi connectivity index (χ2n) is 2.96. The normalized spacial score (nSPS) is 21.1. The van der Waals surface area contributed by atoms with Crippen molar-refractivity contribution in [1.29, 1.82) is 0 Å². The lowest BCUT2D eigenvalue weighted by Crippen LogP contribution is -2.32. The van der Waals surface area contributed by atoms with Crippen molar-refractivity contribution in [1.82, 2.24) is 5.48 Å². The molecule has 0 aromatic carbocycles. The summed E-state index contributed by atoms with van der Waals surface area (Å²) in [6.07, 6.45) is 5.13. The molecule has 5 nitrogen and oxygen atoms in total. The summed E-state index contributed by atoms with van der Waals surface area (Å²) in [6.45, 7) is 0. The van der Waals surface area contributed by atoms with E-state index in [4.69, 9.17) is 4.55 Å². The minimum absolute atomic E-state index is 0.0562. The Morgan fingerprint density at radius 2 is 1.83 bits per heavy atom. The van der Waals surface area contributed by atoms with Gasteiger partial charge in [-0.1, -0.05) is 19.3 Å². The molecule has 6 heteroatoms. The second-order valence-corrected chi connectivity index (χ2v) is 3.99. The minimum atomic E-state index is -4.33. The molecule has 0 aromatic heterocycles. The summed E-state index contributed by atoms with van der Waals surface area (Å²) in [5.74, 6) is 0. The average molecular weight is 195 g/mol. The van der Waals surface area contributed by atoms with Gasteiger partial charge in [0.25, 0.3) is 0 Å². The highest BCUT2D eigenvalue weighted by Gasteiger charge is 2.15. The molecule has 0 aromatic rings. The lowest BCUT2D eigenvalue weighted by Gasteiger charge is -2.20. The Kier molecular flexibility index (Phi) is 3.45. The van der Waals surface area contributed by atoms with Gasteiger partial charge >= 0.3 is 10.4 Å². The molecule has 2 N–H and O–H groups in total. The fourth-order valence-electron chi connectivity index (χ4n) is 1.35. The zero-order valence-corrected chi connectivity index (χ0v) is 7.51. The number of hydrogen-bond donors (Lipinski definition) is 2. The van der Waals surface area contributed by atoms with E-state index >= 15 is 0 Å². The van der Waals surface area contributed by atoms with E-state index in [1.54, 1.807) is 0 Å². The quantitative estimate of drug-likeness (QED) is 0.510. The van der Waals surface area contributed by atoms with Crippen molar-refractivity contribution in [2.45, 2.75) is 38.1 Å². The first-order valence-electron chi connectivity index (χ1n) is 3.99. The van der Waals surface area contributed by atoms with Crippen molar-refractivity contribution in [3.05, 3.63) is 0 Å². The minimum Gasteiger partial charge on any atom is -0.262 e. The van der Waals surface area contributed by atoms with E-state index in [1.165, 1.54) is 6.42 Å². The Hall–Kier alpha value is -0.170. The van der Waals surface area contributed by atoms with Gasteiger partial charge in [0.2, 0.25) is 0 Å². The highest BCUT2D eigenvalue weighted by molar-refractivity contribution is 7.80. The van der Waals surface area contributed by atoms with E-state index in [9.17, 15) is 8.42 Å². The fraction of sp³-hybridized carbons (Fsp3) is 1.00. The summed E-state index contributed by atoms with van der Waals surface area (Å²) in [5, 5.41) is 0. The van der Waals surface area contributed by atoms with Crippen LogP contribution < -0.4 is 5.48 Å². The van der Waals surface area contributed by atoms with Crippen LogP contribution in [0.3, 0.4) is 0 Å². The van der Waals surface area contributed by atoms with Crippen LogP contribution in [0, 0.1) is 0 Å². The molecule has 0 saturated heterocycles. The van der Waals surface area contributed by atoms with Crippen molar-refractivity contribution < 1.29 is 17.3 Å². The third-order valence-electron chi connectivity index (χ3n) is 1.93. The number of hydroxylamine groups is 1. The Balaban J connectivity index is 2.22. The van der Waals surface area contributed by atoms with Crippen molar-refractivity contribution in [2.75, 3.05) is 0 Å². The smallest absolute Gasteiger partial charge is 0.262 e. The summed E-state index contributed by atoms with van der Waals surface area (Å²) < 4.78 is 32.6. The van der Waals surface area contributed by atoms with Crippen LogP contribution in [-0.2, 0) is 14.7 Å². The van der Waals surface area contributed by atoms with Gasteiger partial charge in [0.05, 0.1) is 0 Å². The monoisotopic (exact) mass is 195 g/mol. The van der Waals surface area contributed by atoms with Crippen molar-refractivity contribution in [2.24, 2.45) is 0 Å². The molecular formula is C6H13NO4S. The maximum Gasteiger partial charge on any atom is 0.413 e. The number of rotatable bonds is 3. The molecule has 0 spiro atoms. The summed E-state index contributed by atoms with van der Waals surface area (Å²) in [4.78, 5) is 0. The van der Waals surface area contributed by atoms with Gasteiger partial charge < -0.3 is 0 Å². The summed E-state index contributed by atoms with van der Waals surface area (Å²) in [5.41, 5.74) is 2.32. The molecule has 1 saturated carbocycles. The number of hydrogen-bond acceptors (Lipinski definition) is 4. The molecule has 72 valence electrons. The van der Waals surface area contributed by atoms with Gasteiger partial charge in [-0.3, -0.25) is 4.55 Å². The van der Waals surface area contributed by atoms with Crippen molar-refractivity contribution in [3.63, 3.8) is 0 Å². The molecule has 1 rings (SSSR count). The molecule has 1 fully saturated rings. The fourth-order valence-corrected chi connectivity index (χ4v) is 1.61. The van der Waals surface area contributed by atoms with Gasteiger partial charge in [0, 0.05) is 6.04 Å².